The number of aromatic amines is 1. The fraction of sp³-hybridized carbons (Fsp3) is 0.269. The highest BCUT2D eigenvalue weighted by atomic mass is 19.3. The first-order valence-electron chi connectivity index (χ1n) is 12.5. The third-order valence-electron chi connectivity index (χ3n) is 6.73. The predicted octanol–water partition coefficient (Wildman–Crippen LogP) is 3.16. The molecule has 1 aliphatic rings. The van der Waals surface area contributed by atoms with E-state index in [1.54, 1.807) is 29.1 Å². The molecule has 1 saturated heterocycles. The van der Waals surface area contributed by atoms with E-state index in [0.717, 1.165) is 54.2 Å². The predicted molar refractivity (Wildman–Crippen MR) is 144 cm³/mol. The average Bonchev–Trinajstić information content (AvgIpc) is 3.56. The maximum atomic E-state index is 12.5. The molecule has 200 valence electrons. The minimum absolute atomic E-state index is 0.170. The second kappa shape index (κ2) is 10.3. The van der Waals surface area contributed by atoms with Crippen LogP contribution >= 0.6 is 0 Å². The fourth-order valence-corrected chi connectivity index (χ4v) is 4.61. The van der Waals surface area contributed by atoms with Gasteiger partial charge in [-0.2, -0.15) is 4.98 Å². The number of amides is 1. The first-order valence-corrected chi connectivity index (χ1v) is 12.5. The van der Waals surface area contributed by atoms with Crippen molar-refractivity contribution >= 4 is 40.0 Å². The van der Waals surface area contributed by atoms with Crippen molar-refractivity contribution in [3.63, 3.8) is 0 Å². The summed E-state index contributed by atoms with van der Waals surface area (Å²) < 4.78 is 26.7. The summed E-state index contributed by atoms with van der Waals surface area (Å²) in [4.78, 5) is 38.0. The number of fused-ring (bicyclic) bond motifs is 2. The summed E-state index contributed by atoms with van der Waals surface area (Å²) in [5, 5.41) is 6.27. The van der Waals surface area contributed by atoms with Gasteiger partial charge in [0.25, 0.3) is 12.3 Å². The molecule has 0 radical (unpaired) electrons. The van der Waals surface area contributed by atoms with Gasteiger partial charge in [-0.3, -0.25) is 9.20 Å². The smallest absolute Gasteiger partial charge is 0.270 e. The van der Waals surface area contributed by atoms with E-state index >= 15 is 0 Å². The molecule has 0 aromatic carbocycles. The molecule has 1 amide bonds. The van der Waals surface area contributed by atoms with E-state index < -0.39 is 18.9 Å². The molecule has 0 aliphatic carbocycles. The number of hydrogen-bond acceptors (Lipinski definition) is 8. The van der Waals surface area contributed by atoms with Crippen LogP contribution in [0.3, 0.4) is 0 Å². The van der Waals surface area contributed by atoms with Crippen molar-refractivity contribution in [2.24, 2.45) is 0 Å². The Morgan fingerprint density at radius 3 is 2.77 bits per heavy atom. The van der Waals surface area contributed by atoms with Crippen LogP contribution in [0, 0.1) is 0 Å². The summed E-state index contributed by atoms with van der Waals surface area (Å²) in [6, 6.07) is 7.50. The lowest BCUT2D eigenvalue weighted by molar-refractivity contribution is 0.0886. The van der Waals surface area contributed by atoms with Crippen LogP contribution in [0.4, 0.5) is 26.2 Å². The zero-order chi connectivity index (χ0) is 26.9. The maximum absolute atomic E-state index is 12.5. The van der Waals surface area contributed by atoms with E-state index in [1.165, 1.54) is 6.20 Å². The third-order valence-corrected chi connectivity index (χ3v) is 6.73. The largest absolute Gasteiger partial charge is 0.354 e. The van der Waals surface area contributed by atoms with Crippen molar-refractivity contribution in [2.75, 3.05) is 50.0 Å². The van der Waals surface area contributed by atoms with Crippen LogP contribution in [0.15, 0.2) is 55.2 Å². The minimum atomic E-state index is -2.63. The SMILES string of the molecule is CN1CCN(c2cc(Nc3ncc4c(-c5ccc6ncc(C(=O)NCC(F)F)n6c5)c[nH]c4n3)ccn2)CC1. The van der Waals surface area contributed by atoms with Gasteiger partial charge < -0.3 is 25.4 Å². The van der Waals surface area contributed by atoms with E-state index in [9.17, 15) is 13.6 Å². The summed E-state index contributed by atoms with van der Waals surface area (Å²) in [7, 11) is 2.12. The Labute approximate surface area is 221 Å². The van der Waals surface area contributed by atoms with E-state index in [4.69, 9.17) is 0 Å². The molecule has 1 aliphatic heterocycles. The molecule has 11 nitrogen and oxygen atoms in total. The van der Waals surface area contributed by atoms with Gasteiger partial charge in [0.1, 0.15) is 22.8 Å². The van der Waals surface area contributed by atoms with Gasteiger partial charge in [-0.05, 0) is 25.2 Å². The number of anilines is 3. The fourth-order valence-electron chi connectivity index (χ4n) is 4.61. The van der Waals surface area contributed by atoms with Gasteiger partial charge in [0.15, 0.2) is 0 Å². The van der Waals surface area contributed by atoms with E-state index in [-0.39, 0.29) is 5.69 Å². The lowest BCUT2D eigenvalue weighted by atomic mass is 10.1. The van der Waals surface area contributed by atoms with Crippen LogP contribution in [0.2, 0.25) is 0 Å². The Bertz CT molecular complexity index is 1640. The number of likely N-dealkylation sites (N-methyl/N-ethyl adjacent to an activating group) is 1. The molecule has 5 aromatic rings. The highest BCUT2D eigenvalue weighted by Crippen LogP contribution is 2.29. The highest BCUT2D eigenvalue weighted by molar-refractivity contribution is 5.95. The summed E-state index contributed by atoms with van der Waals surface area (Å²) in [5.41, 5.74) is 3.78. The van der Waals surface area contributed by atoms with Crippen LogP contribution in [-0.4, -0.2) is 86.3 Å². The van der Waals surface area contributed by atoms with Gasteiger partial charge in [0, 0.05) is 79.2 Å². The summed E-state index contributed by atoms with van der Waals surface area (Å²) in [6.45, 7) is 3.11. The molecule has 0 saturated carbocycles. The number of imidazole rings is 1. The molecular weight excluding hydrogens is 506 g/mol. The van der Waals surface area contributed by atoms with E-state index in [1.807, 2.05) is 24.4 Å². The molecular formula is C26H26F2N10O. The van der Waals surface area contributed by atoms with Crippen LogP contribution < -0.4 is 15.5 Å². The topological polar surface area (TPSA) is 119 Å². The Balaban J connectivity index is 1.24. The van der Waals surface area contributed by atoms with E-state index in [0.29, 0.717) is 17.2 Å². The summed E-state index contributed by atoms with van der Waals surface area (Å²) in [5.74, 6) is 0.729. The molecule has 1 fully saturated rings. The Morgan fingerprint density at radius 1 is 1.10 bits per heavy atom. The number of nitrogens with zero attached hydrogens (tertiary/aromatic N) is 7. The summed E-state index contributed by atoms with van der Waals surface area (Å²) in [6.07, 6.45) is 5.79. The molecule has 3 N–H and O–H groups in total. The van der Waals surface area contributed by atoms with Crippen molar-refractivity contribution < 1.29 is 13.6 Å². The zero-order valence-corrected chi connectivity index (χ0v) is 21.1. The van der Waals surface area contributed by atoms with Gasteiger partial charge in [0.2, 0.25) is 5.95 Å². The quantitative estimate of drug-likeness (QED) is 0.293. The van der Waals surface area contributed by atoms with Crippen LogP contribution in [0.5, 0.6) is 0 Å². The number of pyridine rings is 2. The van der Waals surface area contributed by atoms with Crippen LogP contribution in [0.1, 0.15) is 10.5 Å². The van der Waals surface area contributed by atoms with Crippen LogP contribution in [-0.2, 0) is 0 Å². The summed E-state index contributed by atoms with van der Waals surface area (Å²) >= 11 is 0. The number of rotatable bonds is 7. The first-order chi connectivity index (χ1) is 18.9. The van der Waals surface area contributed by atoms with Gasteiger partial charge >= 0.3 is 0 Å². The number of carbonyl (C=O) groups is 1. The van der Waals surface area contributed by atoms with Crippen molar-refractivity contribution in [1.29, 1.82) is 0 Å². The molecule has 0 bridgehead atoms. The van der Waals surface area contributed by atoms with Gasteiger partial charge in [0.05, 0.1) is 12.7 Å². The Kier molecular flexibility index (Phi) is 6.49. The number of piperazine rings is 1. The Hall–Kier alpha value is -4.65. The van der Waals surface area contributed by atoms with Crippen LogP contribution in [0.25, 0.3) is 27.8 Å². The molecule has 6 rings (SSSR count). The molecule has 0 spiro atoms. The highest BCUT2D eigenvalue weighted by Gasteiger charge is 2.17. The number of nitrogens with one attached hydrogen (secondary N) is 3. The first kappa shape index (κ1) is 24.7. The monoisotopic (exact) mass is 532 g/mol. The molecule has 0 unspecified atom stereocenters. The number of alkyl halides is 2. The van der Waals surface area contributed by atoms with Crippen molar-refractivity contribution in [3.8, 4) is 11.1 Å². The van der Waals surface area contributed by atoms with E-state index in [2.05, 4.69) is 52.4 Å². The molecule has 6 heterocycles. The van der Waals surface area contributed by atoms with Gasteiger partial charge in [-0.15, -0.1) is 0 Å². The Morgan fingerprint density at radius 2 is 1.95 bits per heavy atom. The maximum Gasteiger partial charge on any atom is 0.270 e. The second-order valence-corrected chi connectivity index (χ2v) is 9.37. The number of H-pyrrole nitrogens is 1. The van der Waals surface area contributed by atoms with Gasteiger partial charge in [-0.25, -0.2) is 23.7 Å². The number of hydrogen-bond donors (Lipinski definition) is 3. The normalized spacial score (nSPS) is 14.4. The number of aromatic nitrogens is 6. The van der Waals surface area contributed by atoms with Gasteiger partial charge in [-0.1, -0.05) is 0 Å². The standard InChI is InChI=1S/C26H26F2N10O/c1-36-6-8-37(9-7-36)23-10-17(4-5-29-23)34-26-33-12-19-18(11-31-24(19)35-26)16-2-3-22-30-13-20(38(22)15-16)25(39)32-14-21(27)28/h2-5,10-13,15,21H,6-9,14H2,1H3,(H,32,39)(H2,29,31,33,34,35). The average molecular weight is 533 g/mol. The minimum Gasteiger partial charge on any atom is -0.354 e. The number of halogens is 2. The van der Waals surface area contributed by atoms with Crippen molar-refractivity contribution in [1.82, 2.24) is 39.5 Å². The van der Waals surface area contributed by atoms with Crippen molar-refractivity contribution in [3.05, 3.63) is 60.9 Å². The number of carbonyl (C=O) groups excluding carboxylic acids is 1. The molecule has 13 heteroatoms. The second-order valence-electron chi connectivity index (χ2n) is 9.37. The lowest BCUT2D eigenvalue weighted by Gasteiger charge is -2.33. The lowest BCUT2D eigenvalue weighted by Crippen LogP contribution is -2.44. The zero-order valence-electron chi connectivity index (χ0n) is 21.1. The molecule has 5 aromatic heterocycles. The molecule has 0 atom stereocenters. The molecule has 39 heavy (non-hydrogen) atoms. The third kappa shape index (κ3) is 5.08. The van der Waals surface area contributed by atoms with Crippen molar-refractivity contribution in [2.45, 2.75) is 6.43 Å².